The summed E-state index contributed by atoms with van der Waals surface area (Å²) in [7, 11) is 0. The highest BCUT2D eigenvalue weighted by molar-refractivity contribution is 6.04. The Kier molecular flexibility index (Phi) is 3.39. The summed E-state index contributed by atoms with van der Waals surface area (Å²) in [6, 6.07) is -1.02. The van der Waals surface area contributed by atoms with Crippen LogP contribution in [0.3, 0.4) is 0 Å². The van der Waals surface area contributed by atoms with Crippen LogP contribution in [0.15, 0.2) is 40.6 Å². The number of nitrogens with zero attached hydrogens (tertiary/aromatic N) is 1. The van der Waals surface area contributed by atoms with Crippen LogP contribution in [0.1, 0.15) is 6.92 Å². The van der Waals surface area contributed by atoms with Gasteiger partial charge in [-0.15, -0.1) is 0 Å². The zero-order valence-electron chi connectivity index (χ0n) is 9.53. The highest BCUT2D eigenvalue weighted by Crippen LogP contribution is 2.19. The molecule has 1 aliphatic carbocycles. The lowest BCUT2D eigenvalue weighted by Crippen LogP contribution is -3.10. The molecule has 0 saturated carbocycles. The van der Waals surface area contributed by atoms with Crippen LogP contribution in [0, 0.1) is 5.21 Å². The van der Waals surface area contributed by atoms with Crippen LogP contribution in [-0.2, 0) is 9.53 Å². The molecule has 18 heavy (non-hydrogen) atoms. The lowest BCUT2D eigenvalue weighted by atomic mass is 9.96. The maximum atomic E-state index is 11.3. The van der Waals surface area contributed by atoms with Crippen molar-refractivity contribution in [2.45, 2.75) is 19.1 Å². The zero-order chi connectivity index (χ0) is 13.3. The molecular weight excluding hydrogens is 240 g/mol. The van der Waals surface area contributed by atoms with E-state index in [1.165, 1.54) is 31.2 Å². The van der Waals surface area contributed by atoms with E-state index in [2.05, 4.69) is 4.99 Å². The number of nitrogens with one attached hydrogen (secondary N) is 1. The van der Waals surface area contributed by atoms with E-state index in [0.29, 0.717) is 5.57 Å². The van der Waals surface area contributed by atoms with Gasteiger partial charge < -0.3 is 15.1 Å². The maximum absolute atomic E-state index is 11.3. The number of aliphatic hydroxyl groups excluding tert-OH is 1. The topological polar surface area (TPSA) is 107 Å². The van der Waals surface area contributed by atoms with Crippen molar-refractivity contribution in [1.29, 1.82) is 0 Å². The second kappa shape index (κ2) is 4.83. The third-order valence-electron chi connectivity index (χ3n) is 2.60. The number of hydrogen-bond donors (Lipinski definition) is 3. The Labute approximate surface area is 103 Å². The van der Waals surface area contributed by atoms with Crippen LogP contribution < -0.4 is 5.23 Å². The van der Waals surface area contributed by atoms with Gasteiger partial charge in [-0.3, -0.25) is 0 Å². The normalized spacial score (nSPS) is 31.1. The van der Waals surface area contributed by atoms with Crippen molar-refractivity contribution in [3.63, 3.8) is 0 Å². The summed E-state index contributed by atoms with van der Waals surface area (Å²) >= 11 is 0. The number of rotatable bonds is 2. The Morgan fingerprint density at radius 3 is 2.89 bits per heavy atom. The number of hydrogen-bond acceptors (Lipinski definition) is 6. The summed E-state index contributed by atoms with van der Waals surface area (Å²) in [5, 5.41) is 28.5. The number of carbonyl (C=O) groups excluding carboxylic acids is 1. The highest BCUT2D eigenvalue weighted by Gasteiger charge is 2.29. The summed E-state index contributed by atoms with van der Waals surface area (Å²) in [4.78, 5) is 15.2. The number of cyclic esters (lactones) is 1. The first-order valence-corrected chi connectivity index (χ1v) is 5.27. The number of aliphatic hydroxyl groups is 1. The van der Waals surface area contributed by atoms with E-state index in [1.54, 1.807) is 0 Å². The molecule has 1 heterocycles. The number of hydroxylamine groups is 2. The summed E-state index contributed by atoms with van der Waals surface area (Å²) in [5.41, 5.74) is 0.368. The molecule has 0 bridgehead atoms. The van der Waals surface area contributed by atoms with Crippen molar-refractivity contribution in [2.24, 2.45) is 4.99 Å². The molecule has 2 aliphatic rings. The Bertz CT molecular complexity index is 490. The average Bonchev–Trinajstić information content (AvgIpc) is 2.60. The minimum atomic E-state index is -1.20. The van der Waals surface area contributed by atoms with Gasteiger partial charge in [-0.1, -0.05) is 12.2 Å². The van der Waals surface area contributed by atoms with Crippen LogP contribution in [0.2, 0.25) is 0 Å². The van der Waals surface area contributed by atoms with Gasteiger partial charge in [0.2, 0.25) is 0 Å². The standard InChI is InChI=1S/C11H12N2O5/c1-6-12-8(11(15)18-6)5-7-3-2-4-9(10(7)14)13(16)17/h2-5,9-10,13-14,16H,1H3. The summed E-state index contributed by atoms with van der Waals surface area (Å²) in [6.45, 7) is 1.53. The van der Waals surface area contributed by atoms with Crippen molar-refractivity contribution < 1.29 is 25.1 Å². The van der Waals surface area contributed by atoms with Crippen LogP contribution in [-0.4, -0.2) is 34.3 Å². The molecular formula is C11H12N2O5. The minimum absolute atomic E-state index is 0.0530. The molecule has 2 rings (SSSR count). The SMILES string of the molecule is CC1=NC(=CC2=CC=CC([NH+]([O-])O)C2O)C(=O)O1. The third kappa shape index (κ3) is 2.39. The molecule has 1 aliphatic heterocycles. The van der Waals surface area contributed by atoms with Gasteiger partial charge >= 0.3 is 5.97 Å². The first-order chi connectivity index (χ1) is 8.49. The van der Waals surface area contributed by atoms with Gasteiger partial charge in [-0.25, -0.2) is 20.2 Å². The quantitative estimate of drug-likeness (QED) is 0.326. The largest absolute Gasteiger partial charge is 0.600 e. The van der Waals surface area contributed by atoms with Gasteiger partial charge in [-0.2, -0.15) is 0 Å². The summed E-state index contributed by atoms with van der Waals surface area (Å²) in [6.07, 6.45) is 4.57. The number of carbonyl (C=O) groups is 1. The zero-order valence-corrected chi connectivity index (χ0v) is 9.53. The van der Waals surface area contributed by atoms with Gasteiger partial charge in [0.25, 0.3) is 0 Å². The molecule has 0 radical (unpaired) electrons. The Morgan fingerprint density at radius 2 is 2.33 bits per heavy atom. The van der Waals surface area contributed by atoms with E-state index in [4.69, 9.17) is 9.94 Å². The predicted molar refractivity (Wildman–Crippen MR) is 60.4 cm³/mol. The fraction of sp³-hybridized carbons (Fsp3) is 0.273. The molecule has 0 saturated heterocycles. The van der Waals surface area contributed by atoms with E-state index in [-0.39, 0.29) is 11.6 Å². The molecule has 96 valence electrons. The summed E-state index contributed by atoms with van der Waals surface area (Å²) in [5.74, 6) is -0.385. The third-order valence-corrected chi connectivity index (χ3v) is 2.60. The lowest BCUT2D eigenvalue weighted by molar-refractivity contribution is -1.06. The van der Waals surface area contributed by atoms with Crippen molar-refractivity contribution in [3.05, 3.63) is 40.8 Å². The van der Waals surface area contributed by atoms with Gasteiger partial charge in [0.15, 0.2) is 17.6 Å². The molecule has 0 aromatic rings. The van der Waals surface area contributed by atoms with Crippen molar-refractivity contribution in [3.8, 4) is 0 Å². The first-order valence-electron chi connectivity index (χ1n) is 5.27. The van der Waals surface area contributed by atoms with Crippen molar-refractivity contribution >= 4 is 11.9 Å². The second-order valence-corrected chi connectivity index (χ2v) is 3.91. The van der Waals surface area contributed by atoms with E-state index in [1.807, 2.05) is 0 Å². The van der Waals surface area contributed by atoms with E-state index < -0.39 is 23.3 Å². The lowest BCUT2D eigenvalue weighted by Gasteiger charge is -2.28. The summed E-state index contributed by atoms with van der Waals surface area (Å²) < 4.78 is 4.72. The van der Waals surface area contributed by atoms with Crippen molar-refractivity contribution in [2.75, 3.05) is 0 Å². The van der Waals surface area contributed by atoms with Gasteiger partial charge in [0.1, 0.15) is 6.10 Å². The molecule has 3 N–H and O–H groups in total. The number of aliphatic imine (C=N–C) groups is 1. The van der Waals surface area contributed by atoms with E-state index >= 15 is 0 Å². The van der Waals surface area contributed by atoms with Crippen LogP contribution in [0.4, 0.5) is 0 Å². The fourth-order valence-electron chi connectivity index (χ4n) is 1.72. The maximum Gasteiger partial charge on any atom is 0.363 e. The Hall–Kier alpha value is -1.80. The predicted octanol–water partition coefficient (Wildman–Crippen LogP) is -1.16. The van der Waals surface area contributed by atoms with Crippen molar-refractivity contribution in [1.82, 2.24) is 0 Å². The van der Waals surface area contributed by atoms with E-state index in [9.17, 15) is 15.1 Å². The number of allylic oxidation sites excluding steroid dienone is 2. The molecule has 0 fully saturated rings. The van der Waals surface area contributed by atoms with Crippen LogP contribution in [0.25, 0.3) is 0 Å². The number of esters is 1. The van der Waals surface area contributed by atoms with Gasteiger partial charge in [0.05, 0.1) is 0 Å². The smallest absolute Gasteiger partial charge is 0.363 e. The number of ether oxygens (including phenoxy) is 1. The monoisotopic (exact) mass is 252 g/mol. The van der Waals surface area contributed by atoms with Gasteiger partial charge in [-0.05, 0) is 17.7 Å². The average molecular weight is 252 g/mol. The molecule has 0 aromatic heterocycles. The minimum Gasteiger partial charge on any atom is -0.600 e. The second-order valence-electron chi connectivity index (χ2n) is 3.91. The number of quaternary nitrogens is 1. The molecule has 3 unspecified atom stereocenters. The molecule has 7 nitrogen and oxygen atoms in total. The Balaban J connectivity index is 2.25. The molecule has 3 atom stereocenters. The fourth-order valence-corrected chi connectivity index (χ4v) is 1.72. The highest BCUT2D eigenvalue weighted by atomic mass is 16.8. The van der Waals surface area contributed by atoms with Crippen LogP contribution >= 0.6 is 0 Å². The van der Waals surface area contributed by atoms with Gasteiger partial charge in [0, 0.05) is 6.92 Å². The first kappa shape index (κ1) is 12.7. The molecule has 7 heteroatoms. The molecule has 0 aromatic carbocycles. The molecule has 0 spiro atoms. The van der Waals surface area contributed by atoms with Crippen LogP contribution in [0.5, 0.6) is 0 Å². The Morgan fingerprint density at radius 1 is 1.61 bits per heavy atom. The van der Waals surface area contributed by atoms with E-state index in [0.717, 1.165) is 0 Å². The molecule has 0 amide bonds.